The first-order valence-electron chi connectivity index (χ1n) is 5.70. The molecular formula is C11H22N2O3. The summed E-state index contributed by atoms with van der Waals surface area (Å²) in [6.45, 7) is 7.64. The lowest BCUT2D eigenvalue weighted by molar-refractivity contribution is -0.131. The molecule has 1 amide bonds. The Bertz CT molecular complexity index is 245. The van der Waals surface area contributed by atoms with Crippen LogP contribution in [0.5, 0.6) is 0 Å². The number of hydrogen-bond acceptors (Lipinski definition) is 4. The number of rotatable bonds is 5. The van der Waals surface area contributed by atoms with Crippen LogP contribution in [0.1, 0.15) is 20.8 Å². The molecule has 0 aromatic heterocycles. The third-order valence-electron chi connectivity index (χ3n) is 2.88. The van der Waals surface area contributed by atoms with Crippen molar-refractivity contribution >= 4 is 5.91 Å². The van der Waals surface area contributed by atoms with Crippen molar-refractivity contribution in [2.24, 2.45) is 11.1 Å². The fourth-order valence-corrected chi connectivity index (χ4v) is 1.58. The molecule has 0 aromatic carbocycles. The van der Waals surface area contributed by atoms with Crippen LogP contribution in [-0.4, -0.2) is 44.4 Å². The van der Waals surface area contributed by atoms with Crippen molar-refractivity contribution < 1.29 is 14.3 Å². The average molecular weight is 230 g/mol. The van der Waals surface area contributed by atoms with Gasteiger partial charge in [-0.1, -0.05) is 0 Å². The van der Waals surface area contributed by atoms with Crippen LogP contribution in [0.4, 0.5) is 0 Å². The van der Waals surface area contributed by atoms with E-state index in [1.165, 1.54) is 0 Å². The van der Waals surface area contributed by atoms with E-state index >= 15 is 0 Å². The summed E-state index contributed by atoms with van der Waals surface area (Å²) in [5.41, 5.74) is 5.25. The van der Waals surface area contributed by atoms with E-state index in [-0.39, 0.29) is 18.1 Å². The van der Waals surface area contributed by atoms with Crippen molar-refractivity contribution in [1.29, 1.82) is 0 Å². The fourth-order valence-electron chi connectivity index (χ4n) is 1.58. The van der Waals surface area contributed by atoms with Crippen molar-refractivity contribution in [1.82, 2.24) is 5.32 Å². The second-order valence-electron chi connectivity index (χ2n) is 4.71. The zero-order valence-corrected chi connectivity index (χ0v) is 10.3. The van der Waals surface area contributed by atoms with Gasteiger partial charge >= 0.3 is 0 Å². The van der Waals surface area contributed by atoms with E-state index in [4.69, 9.17) is 15.2 Å². The fraction of sp³-hybridized carbons (Fsp3) is 0.909. The molecule has 5 heteroatoms. The first kappa shape index (κ1) is 13.4. The summed E-state index contributed by atoms with van der Waals surface area (Å²) < 4.78 is 10.6. The van der Waals surface area contributed by atoms with Crippen LogP contribution in [0, 0.1) is 5.41 Å². The minimum absolute atomic E-state index is 0.0511. The summed E-state index contributed by atoms with van der Waals surface area (Å²) in [5.74, 6) is -0.0511. The van der Waals surface area contributed by atoms with Crippen LogP contribution >= 0.6 is 0 Å². The maximum atomic E-state index is 11.9. The monoisotopic (exact) mass is 230 g/mol. The van der Waals surface area contributed by atoms with Crippen molar-refractivity contribution in [3.05, 3.63) is 0 Å². The molecule has 2 unspecified atom stereocenters. The van der Waals surface area contributed by atoms with E-state index in [0.29, 0.717) is 26.4 Å². The van der Waals surface area contributed by atoms with E-state index in [1.807, 2.05) is 20.8 Å². The van der Waals surface area contributed by atoms with Gasteiger partial charge in [-0.2, -0.15) is 0 Å². The first-order chi connectivity index (χ1) is 7.47. The molecule has 3 N–H and O–H groups in total. The summed E-state index contributed by atoms with van der Waals surface area (Å²) in [6.07, 6.45) is 0.185. The van der Waals surface area contributed by atoms with Gasteiger partial charge in [0, 0.05) is 12.6 Å². The molecule has 0 radical (unpaired) electrons. The third kappa shape index (κ3) is 3.17. The summed E-state index contributed by atoms with van der Waals surface area (Å²) in [6, 6.07) is -0.224. The molecule has 1 aliphatic heterocycles. The van der Waals surface area contributed by atoms with Gasteiger partial charge in [0.2, 0.25) is 5.91 Å². The lowest BCUT2D eigenvalue weighted by Gasteiger charge is -2.25. The predicted molar refractivity (Wildman–Crippen MR) is 61.0 cm³/mol. The maximum absolute atomic E-state index is 11.9. The second-order valence-corrected chi connectivity index (χ2v) is 4.71. The zero-order valence-electron chi connectivity index (χ0n) is 10.3. The van der Waals surface area contributed by atoms with Crippen molar-refractivity contribution in [2.45, 2.75) is 32.9 Å². The van der Waals surface area contributed by atoms with Gasteiger partial charge in [0.15, 0.2) is 0 Å². The molecule has 16 heavy (non-hydrogen) atoms. The van der Waals surface area contributed by atoms with Gasteiger partial charge in [0.1, 0.15) is 0 Å². The van der Waals surface area contributed by atoms with Gasteiger partial charge < -0.3 is 20.5 Å². The Morgan fingerprint density at radius 3 is 2.88 bits per heavy atom. The minimum atomic E-state index is -0.599. The van der Waals surface area contributed by atoms with Gasteiger partial charge in [-0.3, -0.25) is 4.79 Å². The van der Waals surface area contributed by atoms with Crippen LogP contribution in [0.3, 0.4) is 0 Å². The molecule has 1 saturated heterocycles. The maximum Gasteiger partial charge on any atom is 0.230 e. The Hall–Kier alpha value is -0.650. The third-order valence-corrected chi connectivity index (χ3v) is 2.88. The molecule has 1 aliphatic rings. The molecular weight excluding hydrogens is 208 g/mol. The Morgan fingerprint density at radius 1 is 1.69 bits per heavy atom. The lowest BCUT2D eigenvalue weighted by atomic mass is 9.85. The van der Waals surface area contributed by atoms with E-state index < -0.39 is 5.41 Å². The predicted octanol–water partition coefficient (Wildman–Crippen LogP) is -0.109. The largest absolute Gasteiger partial charge is 0.379 e. The van der Waals surface area contributed by atoms with Crippen LogP contribution in [0.2, 0.25) is 0 Å². The number of nitrogens with one attached hydrogen (secondary N) is 1. The Morgan fingerprint density at radius 2 is 2.38 bits per heavy atom. The smallest absolute Gasteiger partial charge is 0.230 e. The molecule has 5 nitrogen and oxygen atoms in total. The molecule has 2 atom stereocenters. The molecule has 0 aromatic rings. The highest BCUT2D eigenvalue weighted by Crippen LogP contribution is 2.26. The highest BCUT2D eigenvalue weighted by molar-refractivity contribution is 5.83. The van der Waals surface area contributed by atoms with E-state index in [2.05, 4.69) is 5.32 Å². The van der Waals surface area contributed by atoms with Gasteiger partial charge in [0.05, 0.1) is 31.3 Å². The standard InChI is InChI=1S/C11H22N2O3/c1-8(2)16-5-4-13-10(14)11(3)7-15-6-9(11)12/h8-9H,4-7,12H2,1-3H3,(H,13,14). The van der Waals surface area contributed by atoms with Crippen molar-refractivity contribution in [3.8, 4) is 0 Å². The molecule has 0 aliphatic carbocycles. The SMILES string of the molecule is CC(C)OCCNC(=O)C1(C)COCC1N. The summed E-state index contributed by atoms with van der Waals surface area (Å²) in [5, 5.41) is 2.83. The average Bonchev–Trinajstić information content (AvgIpc) is 2.55. The molecule has 0 saturated carbocycles. The van der Waals surface area contributed by atoms with Gasteiger partial charge in [-0.05, 0) is 20.8 Å². The molecule has 1 rings (SSSR count). The van der Waals surface area contributed by atoms with Crippen molar-refractivity contribution in [3.63, 3.8) is 0 Å². The Labute approximate surface area is 96.7 Å². The number of carbonyl (C=O) groups excluding carboxylic acids is 1. The Balaban J connectivity index is 2.29. The van der Waals surface area contributed by atoms with Crippen molar-refractivity contribution in [2.75, 3.05) is 26.4 Å². The summed E-state index contributed by atoms with van der Waals surface area (Å²) >= 11 is 0. The van der Waals surface area contributed by atoms with Crippen LogP contribution in [0.15, 0.2) is 0 Å². The first-order valence-corrected chi connectivity index (χ1v) is 5.70. The van der Waals surface area contributed by atoms with E-state index in [1.54, 1.807) is 0 Å². The normalized spacial score (nSPS) is 29.7. The minimum Gasteiger partial charge on any atom is -0.379 e. The molecule has 0 bridgehead atoms. The summed E-state index contributed by atoms with van der Waals surface area (Å²) in [4.78, 5) is 11.9. The van der Waals surface area contributed by atoms with Crippen LogP contribution in [-0.2, 0) is 14.3 Å². The quantitative estimate of drug-likeness (QED) is 0.646. The molecule has 0 spiro atoms. The number of carbonyl (C=O) groups is 1. The van der Waals surface area contributed by atoms with Gasteiger partial charge in [-0.25, -0.2) is 0 Å². The van der Waals surface area contributed by atoms with Crippen LogP contribution in [0.25, 0.3) is 0 Å². The van der Waals surface area contributed by atoms with Gasteiger partial charge in [-0.15, -0.1) is 0 Å². The zero-order chi connectivity index (χ0) is 12.2. The number of ether oxygens (including phenoxy) is 2. The molecule has 1 fully saturated rings. The highest BCUT2D eigenvalue weighted by atomic mass is 16.5. The lowest BCUT2D eigenvalue weighted by Crippen LogP contribution is -2.50. The topological polar surface area (TPSA) is 73.6 Å². The highest BCUT2D eigenvalue weighted by Gasteiger charge is 2.44. The van der Waals surface area contributed by atoms with Gasteiger partial charge in [0.25, 0.3) is 0 Å². The number of amides is 1. The number of hydrogen-bond donors (Lipinski definition) is 2. The molecule has 94 valence electrons. The Kier molecular flexibility index (Phi) is 4.70. The second kappa shape index (κ2) is 5.61. The molecule has 1 heterocycles. The van der Waals surface area contributed by atoms with E-state index in [0.717, 1.165) is 0 Å². The number of nitrogens with two attached hydrogens (primary N) is 1. The summed E-state index contributed by atoms with van der Waals surface area (Å²) in [7, 11) is 0. The van der Waals surface area contributed by atoms with E-state index in [9.17, 15) is 4.79 Å². The van der Waals surface area contributed by atoms with Crippen LogP contribution < -0.4 is 11.1 Å².